The standard InChI is InChI=1S/C15H18ClN3O/c16-14-9-13(5-4-11(14)10-17)19-15(20)7-6-12-3-1-2-8-18-12/h4-5,9,12,18H,1-3,6-8H2,(H,19,20). The van der Waals surface area contributed by atoms with Gasteiger partial charge >= 0.3 is 0 Å². The lowest BCUT2D eigenvalue weighted by Crippen LogP contribution is -2.34. The van der Waals surface area contributed by atoms with E-state index in [2.05, 4.69) is 10.6 Å². The molecule has 0 saturated carbocycles. The Balaban J connectivity index is 1.82. The fraction of sp³-hybridized carbons (Fsp3) is 0.467. The van der Waals surface area contributed by atoms with Crippen LogP contribution in [0.1, 0.15) is 37.7 Å². The van der Waals surface area contributed by atoms with E-state index in [0.717, 1.165) is 19.4 Å². The van der Waals surface area contributed by atoms with Crippen LogP contribution in [0.5, 0.6) is 0 Å². The van der Waals surface area contributed by atoms with Crippen LogP contribution in [-0.4, -0.2) is 18.5 Å². The number of nitrogens with zero attached hydrogens (tertiary/aromatic N) is 1. The zero-order chi connectivity index (χ0) is 14.4. The highest BCUT2D eigenvalue weighted by Gasteiger charge is 2.14. The number of carbonyl (C=O) groups is 1. The van der Waals surface area contributed by atoms with Crippen molar-refractivity contribution in [2.75, 3.05) is 11.9 Å². The van der Waals surface area contributed by atoms with Gasteiger partial charge in [0.2, 0.25) is 5.91 Å². The summed E-state index contributed by atoms with van der Waals surface area (Å²) in [6, 6.07) is 7.36. The number of carbonyl (C=O) groups excluding carboxylic acids is 1. The van der Waals surface area contributed by atoms with E-state index in [9.17, 15) is 4.79 Å². The molecule has 1 amide bonds. The highest BCUT2D eigenvalue weighted by Crippen LogP contribution is 2.20. The number of benzene rings is 1. The topological polar surface area (TPSA) is 64.9 Å². The summed E-state index contributed by atoms with van der Waals surface area (Å²) in [4.78, 5) is 11.9. The van der Waals surface area contributed by atoms with Crippen LogP contribution >= 0.6 is 11.6 Å². The van der Waals surface area contributed by atoms with Crippen LogP contribution in [0.15, 0.2) is 18.2 Å². The van der Waals surface area contributed by atoms with E-state index in [0.29, 0.717) is 28.7 Å². The second-order valence-electron chi connectivity index (χ2n) is 5.04. The van der Waals surface area contributed by atoms with E-state index in [1.807, 2.05) is 6.07 Å². The van der Waals surface area contributed by atoms with Crippen molar-refractivity contribution in [3.63, 3.8) is 0 Å². The molecule has 1 aliphatic rings. The highest BCUT2D eigenvalue weighted by atomic mass is 35.5. The number of anilines is 1. The molecule has 0 aromatic heterocycles. The smallest absolute Gasteiger partial charge is 0.224 e. The summed E-state index contributed by atoms with van der Waals surface area (Å²) < 4.78 is 0. The third-order valence-corrected chi connectivity index (χ3v) is 3.82. The van der Waals surface area contributed by atoms with Gasteiger partial charge in [0.25, 0.3) is 0 Å². The molecule has 1 heterocycles. The molecule has 2 rings (SSSR count). The summed E-state index contributed by atoms with van der Waals surface area (Å²) in [6.45, 7) is 1.05. The number of nitriles is 1. The van der Waals surface area contributed by atoms with Crippen molar-refractivity contribution in [2.45, 2.75) is 38.1 Å². The van der Waals surface area contributed by atoms with E-state index < -0.39 is 0 Å². The average molecular weight is 292 g/mol. The first-order valence-electron chi connectivity index (χ1n) is 6.92. The zero-order valence-electron chi connectivity index (χ0n) is 11.3. The number of hydrogen-bond acceptors (Lipinski definition) is 3. The molecular weight excluding hydrogens is 274 g/mol. The molecule has 0 aliphatic carbocycles. The fourth-order valence-electron chi connectivity index (χ4n) is 2.38. The lowest BCUT2D eigenvalue weighted by Gasteiger charge is -2.23. The first kappa shape index (κ1) is 14.8. The van der Waals surface area contributed by atoms with Gasteiger partial charge < -0.3 is 10.6 Å². The molecule has 1 aromatic carbocycles. The Morgan fingerprint density at radius 1 is 1.50 bits per heavy atom. The predicted octanol–water partition coefficient (Wildman–Crippen LogP) is 3.07. The van der Waals surface area contributed by atoms with Gasteiger partial charge in [-0.1, -0.05) is 18.0 Å². The predicted molar refractivity (Wildman–Crippen MR) is 79.7 cm³/mol. The van der Waals surface area contributed by atoms with Crippen LogP contribution in [0.2, 0.25) is 5.02 Å². The van der Waals surface area contributed by atoms with Crippen molar-refractivity contribution in [3.05, 3.63) is 28.8 Å². The number of hydrogen-bond donors (Lipinski definition) is 2. The third kappa shape index (κ3) is 4.22. The molecule has 4 nitrogen and oxygen atoms in total. The first-order chi connectivity index (χ1) is 9.69. The van der Waals surface area contributed by atoms with Gasteiger partial charge in [0.1, 0.15) is 6.07 Å². The molecule has 2 N–H and O–H groups in total. The van der Waals surface area contributed by atoms with E-state index in [-0.39, 0.29) is 5.91 Å². The minimum absolute atomic E-state index is 0.0156. The van der Waals surface area contributed by atoms with E-state index in [4.69, 9.17) is 16.9 Å². The van der Waals surface area contributed by atoms with E-state index in [1.54, 1.807) is 18.2 Å². The zero-order valence-corrected chi connectivity index (χ0v) is 12.0. The quantitative estimate of drug-likeness (QED) is 0.896. The maximum Gasteiger partial charge on any atom is 0.224 e. The monoisotopic (exact) mass is 291 g/mol. The maximum absolute atomic E-state index is 11.9. The van der Waals surface area contributed by atoms with Crippen molar-refractivity contribution < 1.29 is 4.79 Å². The Hall–Kier alpha value is -1.57. The molecule has 20 heavy (non-hydrogen) atoms. The molecule has 1 aliphatic heterocycles. The molecule has 0 radical (unpaired) electrons. The largest absolute Gasteiger partial charge is 0.326 e. The Kier molecular flexibility index (Phi) is 5.40. The summed E-state index contributed by atoms with van der Waals surface area (Å²) in [5, 5.41) is 15.4. The number of amides is 1. The normalized spacial score (nSPS) is 18.3. The van der Waals surface area contributed by atoms with Crippen molar-refractivity contribution in [1.29, 1.82) is 5.26 Å². The molecule has 5 heteroatoms. The Morgan fingerprint density at radius 2 is 2.35 bits per heavy atom. The van der Waals surface area contributed by atoms with Crippen molar-refractivity contribution in [2.24, 2.45) is 0 Å². The molecule has 1 atom stereocenters. The Labute approximate surface area is 124 Å². The number of nitrogens with one attached hydrogen (secondary N) is 2. The van der Waals surface area contributed by atoms with Crippen molar-refractivity contribution in [1.82, 2.24) is 5.32 Å². The lowest BCUT2D eigenvalue weighted by molar-refractivity contribution is -0.116. The molecule has 1 unspecified atom stereocenters. The van der Waals surface area contributed by atoms with E-state index in [1.165, 1.54) is 12.8 Å². The van der Waals surface area contributed by atoms with Gasteiger partial charge in [-0.2, -0.15) is 5.26 Å². The van der Waals surface area contributed by atoms with Crippen molar-refractivity contribution in [3.8, 4) is 6.07 Å². The molecule has 0 bridgehead atoms. The minimum atomic E-state index is -0.0156. The first-order valence-corrected chi connectivity index (χ1v) is 7.29. The Bertz CT molecular complexity index is 518. The summed E-state index contributed by atoms with van der Waals surface area (Å²) in [5.74, 6) is -0.0156. The fourth-order valence-corrected chi connectivity index (χ4v) is 2.61. The summed E-state index contributed by atoms with van der Waals surface area (Å²) in [6.07, 6.45) is 4.97. The number of halogens is 1. The molecular formula is C15H18ClN3O. The molecule has 1 saturated heterocycles. The summed E-state index contributed by atoms with van der Waals surface area (Å²) >= 11 is 5.93. The molecule has 1 fully saturated rings. The second-order valence-corrected chi connectivity index (χ2v) is 5.45. The summed E-state index contributed by atoms with van der Waals surface area (Å²) in [5.41, 5.74) is 1.05. The second kappa shape index (κ2) is 7.28. The van der Waals surface area contributed by atoms with Gasteiger partial charge in [0, 0.05) is 18.2 Å². The van der Waals surface area contributed by atoms with Gasteiger partial charge in [0.15, 0.2) is 0 Å². The van der Waals surface area contributed by atoms with Crippen LogP contribution in [0, 0.1) is 11.3 Å². The van der Waals surface area contributed by atoms with Gasteiger partial charge in [-0.15, -0.1) is 0 Å². The van der Waals surface area contributed by atoms with Crippen LogP contribution in [0.25, 0.3) is 0 Å². The Morgan fingerprint density at radius 3 is 3.00 bits per heavy atom. The highest BCUT2D eigenvalue weighted by molar-refractivity contribution is 6.32. The van der Waals surface area contributed by atoms with Crippen LogP contribution in [0.4, 0.5) is 5.69 Å². The molecule has 0 spiro atoms. The third-order valence-electron chi connectivity index (χ3n) is 3.51. The van der Waals surface area contributed by atoms with Crippen molar-refractivity contribution >= 4 is 23.2 Å². The summed E-state index contributed by atoms with van der Waals surface area (Å²) in [7, 11) is 0. The molecule has 106 valence electrons. The van der Waals surface area contributed by atoms with Crippen LogP contribution in [0.3, 0.4) is 0 Å². The van der Waals surface area contributed by atoms with E-state index >= 15 is 0 Å². The minimum Gasteiger partial charge on any atom is -0.326 e. The SMILES string of the molecule is N#Cc1ccc(NC(=O)CCC2CCCCN2)cc1Cl. The molecule has 1 aromatic rings. The van der Waals surface area contributed by atoms with Gasteiger partial charge in [-0.25, -0.2) is 0 Å². The number of piperidine rings is 1. The average Bonchev–Trinajstić information content (AvgIpc) is 2.46. The van der Waals surface area contributed by atoms with Crippen LogP contribution in [-0.2, 0) is 4.79 Å². The van der Waals surface area contributed by atoms with Gasteiger partial charge in [-0.3, -0.25) is 4.79 Å². The lowest BCUT2D eigenvalue weighted by atomic mass is 10.0. The van der Waals surface area contributed by atoms with Gasteiger partial charge in [0.05, 0.1) is 10.6 Å². The van der Waals surface area contributed by atoms with Gasteiger partial charge in [-0.05, 0) is 44.0 Å². The maximum atomic E-state index is 11.9. The number of rotatable bonds is 4. The van der Waals surface area contributed by atoms with Crippen LogP contribution < -0.4 is 10.6 Å².